The summed E-state index contributed by atoms with van der Waals surface area (Å²) in [6, 6.07) is 5.84. The molecule has 0 saturated heterocycles. The highest BCUT2D eigenvalue weighted by Crippen LogP contribution is 2.34. The first-order valence-corrected chi connectivity index (χ1v) is 7.31. The third-order valence-electron chi connectivity index (χ3n) is 4.27. The number of likely N-dealkylation sites (N-methyl/N-ethyl adjacent to an activating group) is 1. The second kappa shape index (κ2) is 6.35. The van der Waals surface area contributed by atoms with Crippen LogP contribution in [0.15, 0.2) is 18.2 Å². The summed E-state index contributed by atoms with van der Waals surface area (Å²) < 4.78 is 11.4. The van der Waals surface area contributed by atoms with Gasteiger partial charge < -0.3 is 20.5 Å². The largest absolute Gasteiger partial charge is 0.493 e. The van der Waals surface area contributed by atoms with Crippen LogP contribution in [0.5, 0.6) is 11.5 Å². The first-order chi connectivity index (χ1) is 10.0. The molecule has 116 valence electrons. The summed E-state index contributed by atoms with van der Waals surface area (Å²) in [5.41, 5.74) is 6.01. The molecular formula is C16H24N2O3. The molecule has 1 fully saturated rings. The smallest absolute Gasteiger partial charge is 0.237 e. The maximum Gasteiger partial charge on any atom is 0.237 e. The molecular weight excluding hydrogens is 268 g/mol. The summed E-state index contributed by atoms with van der Waals surface area (Å²) in [5.74, 6) is 1.12. The van der Waals surface area contributed by atoms with E-state index in [0.29, 0.717) is 12.2 Å². The third-order valence-corrected chi connectivity index (χ3v) is 4.27. The third kappa shape index (κ3) is 3.29. The van der Waals surface area contributed by atoms with Crippen LogP contribution in [0.2, 0.25) is 0 Å². The number of methoxy groups -OCH3 is 1. The molecule has 1 aliphatic rings. The summed E-state index contributed by atoms with van der Waals surface area (Å²) in [6.07, 6.45) is 3.10. The molecule has 1 aromatic rings. The van der Waals surface area contributed by atoms with Crippen LogP contribution in [0, 0.1) is 6.92 Å². The van der Waals surface area contributed by atoms with Crippen LogP contribution in [0.1, 0.15) is 31.2 Å². The summed E-state index contributed by atoms with van der Waals surface area (Å²) in [6.45, 7) is 2.01. The maximum atomic E-state index is 11.8. The molecule has 1 aliphatic carbocycles. The van der Waals surface area contributed by atoms with E-state index in [1.807, 2.05) is 25.1 Å². The van der Waals surface area contributed by atoms with Gasteiger partial charge in [-0.15, -0.1) is 0 Å². The Labute approximate surface area is 125 Å². The summed E-state index contributed by atoms with van der Waals surface area (Å²) >= 11 is 0. The lowest BCUT2D eigenvalue weighted by molar-refractivity contribution is -0.126. The molecule has 0 bridgehead atoms. The summed E-state index contributed by atoms with van der Waals surface area (Å²) in [4.78, 5) is 11.8. The van der Waals surface area contributed by atoms with Gasteiger partial charge in [-0.3, -0.25) is 4.79 Å². The molecule has 2 rings (SSSR count). The van der Waals surface area contributed by atoms with Gasteiger partial charge in [-0.2, -0.15) is 0 Å². The van der Waals surface area contributed by atoms with Crippen LogP contribution in [-0.2, 0) is 4.79 Å². The highest BCUT2D eigenvalue weighted by atomic mass is 16.5. The van der Waals surface area contributed by atoms with Crippen molar-refractivity contribution in [2.45, 2.75) is 44.2 Å². The van der Waals surface area contributed by atoms with Crippen LogP contribution < -0.4 is 20.5 Å². The number of nitrogens with one attached hydrogen (secondary N) is 1. The lowest BCUT2D eigenvalue weighted by Gasteiger charge is -2.38. The molecule has 0 heterocycles. The highest BCUT2D eigenvalue weighted by molar-refractivity contribution is 5.84. The van der Waals surface area contributed by atoms with Gasteiger partial charge in [-0.05, 0) is 50.9 Å². The molecule has 1 aromatic carbocycles. The van der Waals surface area contributed by atoms with Gasteiger partial charge in [0, 0.05) is 6.42 Å². The number of rotatable bonds is 5. The van der Waals surface area contributed by atoms with Crippen molar-refractivity contribution < 1.29 is 14.3 Å². The first-order valence-electron chi connectivity index (χ1n) is 7.31. The zero-order valence-corrected chi connectivity index (χ0v) is 12.9. The molecule has 2 atom stereocenters. The number of carbonyl (C=O) groups is 1. The van der Waals surface area contributed by atoms with Gasteiger partial charge in [-0.25, -0.2) is 0 Å². The number of benzene rings is 1. The van der Waals surface area contributed by atoms with E-state index < -0.39 is 5.54 Å². The summed E-state index contributed by atoms with van der Waals surface area (Å²) in [5, 5.41) is 3.08. The lowest BCUT2D eigenvalue weighted by atomic mass is 9.79. The van der Waals surface area contributed by atoms with Crippen molar-refractivity contribution in [3.63, 3.8) is 0 Å². The molecule has 2 unspecified atom stereocenters. The standard InChI is InChI=1S/C16H24N2O3/c1-11-6-7-13(14(9-11)20-3)21-12-5-4-8-16(10-12,18-2)15(17)19/h6-7,9,12,18H,4-5,8,10H2,1-3H3,(H2,17,19). The average molecular weight is 292 g/mol. The minimum atomic E-state index is -0.666. The molecule has 5 nitrogen and oxygen atoms in total. The molecule has 3 N–H and O–H groups in total. The Morgan fingerprint density at radius 1 is 1.43 bits per heavy atom. The number of hydrogen-bond donors (Lipinski definition) is 2. The van der Waals surface area contributed by atoms with E-state index in [4.69, 9.17) is 15.2 Å². The van der Waals surface area contributed by atoms with Crippen LogP contribution >= 0.6 is 0 Å². The number of primary amides is 1. The molecule has 0 radical (unpaired) electrons. The van der Waals surface area contributed by atoms with Gasteiger partial charge in [0.2, 0.25) is 5.91 Å². The molecule has 0 spiro atoms. The van der Waals surface area contributed by atoms with E-state index in [-0.39, 0.29) is 12.0 Å². The normalized spacial score (nSPS) is 25.4. The predicted octanol–water partition coefficient (Wildman–Crippen LogP) is 1.77. The van der Waals surface area contributed by atoms with E-state index >= 15 is 0 Å². The van der Waals surface area contributed by atoms with Gasteiger partial charge in [-0.1, -0.05) is 6.07 Å². The predicted molar refractivity (Wildman–Crippen MR) is 81.6 cm³/mol. The first kappa shape index (κ1) is 15.6. The Kier molecular flexibility index (Phi) is 4.73. The number of carbonyl (C=O) groups excluding carboxylic acids is 1. The van der Waals surface area contributed by atoms with Gasteiger partial charge in [0.05, 0.1) is 7.11 Å². The Balaban J connectivity index is 2.14. The maximum absolute atomic E-state index is 11.8. The van der Waals surface area contributed by atoms with Crippen molar-refractivity contribution in [2.24, 2.45) is 5.73 Å². The second-order valence-electron chi connectivity index (χ2n) is 5.69. The van der Waals surface area contributed by atoms with E-state index in [1.54, 1.807) is 14.2 Å². The van der Waals surface area contributed by atoms with E-state index in [9.17, 15) is 4.79 Å². The van der Waals surface area contributed by atoms with Crippen molar-refractivity contribution in [1.82, 2.24) is 5.32 Å². The summed E-state index contributed by atoms with van der Waals surface area (Å²) in [7, 11) is 3.41. The van der Waals surface area contributed by atoms with E-state index in [2.05, 4.69) is 5.32 Å². The van der Waals surface area contributed by atoms with Gasteiger partial charge >= 0.3 is 0 Å². The fourth-order valence-electron chi connectivity index (χ4n) is 2.95. The van der Waals surface area contributed by atoms with Crippen molar-refractivity contribution in [3.05, 3.63) is 23.8 Å². The van der Waals surface area contributed by atoms with E-state index in [1.165, 1.54) is 0 Å². The van der Waals surface area contributed by atoms with Gasteiger partial charge in [0.25, 0.3) is 0 Å². The number of nitrogens with two attached hydrogens (primary N) is 1. The Morgan fingerprint density at radius 3 is 2.81 bits per heavy atom. The lowest BCUT2D eigenvalue weighted by Crippen LogP contribution is -2.58. The topological polar surface area (TPSA) is 73.6 Å². The fourth-order valence-corrected chi connectivity index (χ4v) is 2.95. The number of hydrogen-bond acceptors (Lipinski definition) is 4. The quantitative estimate of drug-likeness (QED) is 0.867. The number of aryl methyl sites for hydroxylation is 1. The Morgan fingerprint density at radius 2 is 2.19 bits per heavy atom. The minimum Gasteiger partial charge on any atom is -0.493 e. The van der Waals surface area contributed by atoms with Crippen molar-refractivity contribution >= 4 is 5.91 Å². The number of ether oxygens (including phenoxy) is 2. The molecule has 5 heteroatoms. The Hall–Kier alpha value is -1.75. The highest BCUT2D eigenvalue weighted by Gasteiger charge is 2.41. The fraction of sp³-hybridized carbons (Fsp3) is 0.562. The van der Waals surface area contributed by atoms with Crippen LogP contribution in [0.3, 0.4) is 0 Å². The molecule has 0 aliphatic heterocycles. The SMILES string of the molecule is CNC1(C(N)=O)CCCC(Oc2ccc(C)cc2OC)C1. The van der Waals surface area contributed by atoms with E-state index in [0.717, 1.165) is 30.6 Å². The monoisotopic (exact) mass is 292 g/mol. The zero-order valence-electron chi connectivity index (χ0n) is 12.9. The average Bonchev–Trinajstić information content (AvgIpc) is 2.49. The van der Waals surface area contributed by atoms with Gasteiger partial charge in [0.1, 0.15) is 11.6 Å². The minimum absolute atomic E-state index is 0.0460. The second-order valence-corrected chi connectivity index (χ2v) is 5.69. The molecule has 1 saturated carbocycles. The Bertz CT molecular complexity index is 518. The number of amides is 1. The molecule has 0 aromatic heterocycles. The van der Waals surface area contributed by atoms with Gasteiger partial charge in [0.15, 0.2) is 11.5 Å². The molecule has 21 heavy (non-hydrogen) atoms. The van der Waals surface area contributed by atoms with Crippen LogP contribution in [-0.4, -0.2) is 31.7 Å². The van der Waals surface area contributed by atoms with Crippen LogP contribution in [0.25, 0.3) is 0 Å². The van der Waals surface area contributed by atoms with Crippen molar-refractivity contribution in [1.29, 1.82) is 0 Å². The molecule has 1 amide bonds. The zero-order chi connectivity index (χ0) is 15.5. The van der Waals surface area contributed by atoms with Crippen LogP contribution in [0.4, 0.5) is 0 Å². The van der Waals surface area contributed by atoms with Crippen molar-refractivity contribution in [3.8, 4) is 11.5 Å². The van der Waals surface area contributed by atoms with Crippen molar-refractivity contribution in [2.75, 3.05) is 14.2 Å².